The number of carbonyl (C=O) groups is 2. The highest BCUT2D eigenvalue weighted by atomic mass is 35.5. The number of carboxylic acids is 2. The molecule has 1 atom stereocenters. The van der Waals surface area contributed by atoms with Crippen LogP contribution in [0.5, 0.6) is 0 Å². The Morgan fingerprint density at radius 3 is 1.21 bits per heavy atom. The zero-order valence-electron chi connectivity index (χ0n) is 17.8. The molecule has 170 valence electrons. The Morgan fingerprint density at radius 1 is 0.607 bits per heavy atom. The summed E-state index contributed by atoms with van der Waals surface area (Å²) in [5, 5.41) is 17.6. The predicted molar refractivity (Wildman–Crippen MR) is 122 cm³/mol. The van der Waals surface area contributed by atoms with E-state index in [1.165, 1.54) is 77.0 Å². The molecule has 2 N–H and O–H groups in total. The van der Waals surface area contributed by atoms with Crippen LogP contribution in [0.2, 0.25) is 0 Å². The lowest BCUT2D eigenvalue weighted by atomic mass is 9.98. The largest absolute Gasteiger partial charge is 0.481 e. The summed E-state index contributed by atoms with van der Waals surface area (Å²) in [5.41, 5.74) is 0. The summed E-state index contributed by atoms with van der Waals surface area (Å²) in [6.07, 6.45) is 20.3. The Hall–Kier alpha value is -0.480. The van der Waals surface area contributed by atoms with Crippen molar-refractivity contribution < 1.29 is 19.8 Å². The predicted octanol–water partition coefficient (Wildman–Crippen LogP) is 7.66. The van der Waals surface area contributed by atoms with Crippen LogP contribution in [0, 0.1) is 5.92 Å². The first kappa shape index (κ1) is 32.2. The molecule has 0 aromatic heterocycles. The fourth-order valence-corrected chi connectivity index (χ4v) is 3.47. The molecule has 0 aromatic rings. The molecule has 0 aliphatic rings. The molecule has 6 heteroatoms. The van der Waals surface area contributed by atoms with E-state index in [-0.39, 0.29) is 30.7 Å². The van der Waals surface area contributed by atoms with Crippen LogP contribution in [0.25, 0.3) is 0 Å². The second-order valence-electron chi connectivity index (χ2n) is 7.68. The first-order valence-electron chi connectivity index (χ1n) is 11.0. The Morgan fingerprint density at radius 2 is 0.929 bits per heavy atom. The molecule has 0 saturated carbocycles. The van der Waals surface area contributed by atoms with Crippen LogP contribution in [-0.2, 0) is 9.59 Å². The van der Waals surface area contributed by atoms with E-state index in [9.17, 15) is 9.59 Å². The Kier molecular flexibility index (Phi) is 28.2. The monoisotopic (exact) mass is 442 g/mol. The average Bonchev–Trinajstić information content (AvgIpc) is 2.60. The Bertz CT molecular complexity index is 351. The second kappa shape index (κ2) is 24.6. The summed E-state index contributed by atoms with van der Waals surface area (Å²) < 4.78 is 0. The molecule has 28 heavy (non-hydrogen) atoms. The van der Waals surface area contributed by atoms with E-state index in [0.29, 0.717) is 6.42 Å². The van der Waals surface area contributed by atoms with Crippen molar-refractivity contribution in [2.75, 3.05) is 0 Å². The van der Waals surface area contributed by atoms with Crippen LogP contribution in [0.15, 0.2) is 0 Å². The van der Waals surface area contributed by atoms with Crippen molar-refractivity contribution in [2.45, 2.75) is 122 Å². The van der Waals surface area contributed by atoms with Gasteiger partial charge in [0, 0.05) is 6.42 Å². The molecule has 0 rings (SSSR count). The molecule has 0 bridgehead atoms. The summed E-state index contributed by atoms with van der Waals surface area (Å²) in [4.78, 5) is 21.3. The van der Waals surface area contributed by atoms with Crippen LogP contribution in [-0.4, -0.2) is 22.2 Å². The SMILES string of the molecule is CCC(CCCCCCCCCCCCCCCCCC(=O)O)C(=O)O.Cl.Cl. The first-order chi connectivity index (χ1) is 12.6. The number of carboxylic acid groups (broad SMARTS) is 2. The summed E-state index contributed by atoms with van der Waals surface area (Å²) in [6, 6.07) is 0. The number of hydrogen-bond acceptors (Lipinski definition) is 2. The van der Waals surface area contributed by atoms with E-state index in [4.69, 9.17) is 10.2 Å². The number of halogens is 2. The highest BCUT2D eigenvalue weighted by Crippen LogP contribution is 2.16. The van der Waals surface area contributed by atoms with Gasteiger partial charge in [-0.15, -0.1) is 24.8 Å². The van der Waals surface area contributed by atoms with Crippen molar-refractivity contribution in [3.05, 3.63) is 0 Å². The maximum Gasteiger partial charge on any atom is 0.306 e. The summed E-state index contributed by atoms with van der Waals surface area (Å²) in [6.45, 7) is 1.96. The van der Waals surface area contributed by atoms with Crippen LogP contribution in [0.1, 0.15) is 122 Å². The fourth-order valence-electron chi connectivity index (χ4n) is 3.47. The molecule has 1 unspecified atom stereocenters. The van der Waals surface area contributed by atoms with Gasteiger partial charge in [0.2, 0.25) is 0 Å². The maximum absolute atomic E-state index is 10.9. The highest BCUT2D eigenvalue weighted by Gasteiger charge is 2.13. The number of rotatable bonds is 20. The third-order valence-corrected chi connectivity index (χ3v) is 5.29. The first-order valence-corrected chi connectivity index (χ1v) is 11.0. The van der Waals surface area contributed by atoms with Gasteiger partial charge in [-0.25, -0.2) is 0 Å². The molecule has 0 fully saturated rings. The van der Waals surface area contributed by atoms with Gasteiger partial charge < -0.3 is 10.2 Å². The van der Waals surface area contributed by atoms with Crippen LogP contribution >= 0.6 is 24.8 Å². The normalized spacial score (nSPS) is 11.3. The summed E-state index contributed by atoms with van der Waals surface area (Å²) in [7, 11) is 0. The summed E-state index contributed by atoms with van der Waals surface area (Å²) >= 11 is 0. The number of aliphatic carboxylic acids is 2. The molecule has 0 saturated heterocycles. The molecule has 0 amide bonds. The van der Waals surface area contributed by atoms with Gasteiger partial charge in [0.15, 0.2) is 0 Å². The molecule has 0 aliphatic carbocycles. The van der Waals surface area contributed by atoms with Gasteiger partial charge in [-0.3, -0.25) is 9.59 Å². The topological polar surface area (TPSA) is 74.6 Å². The zero-order chi connectivity index (χ0) is 19.5. The van der Waals surface area contributed by atoms with Crippen molar-refractivity contribution in [3.63, 3.8) is 0 Å². The van der Waals surface area contributed by atoms with Crippen LogP contribution in [0.4, 0.5) is 0 Å². The van der Waals surface area contributed by atoms with E-state index in [1.54, 1.807) is 0 Å². The minimum absolute atomic E-state index is 0. The van der Waals surface area contributed by atoms with Gasteiger partial charge in [0.25, 0.3) is 0 Å². The van der Waals surface area contributed by atoms with Gasteiger partial charge in [-0.05, 0) is 19.3 Å². The average molecular weight is 443 g/mol. The fraction of sp³-hybridized carbons (Fsp3) is 0.909. The van der Waals surface area contributed by atoms with E-state index in [0.717, 1.165) is 32.1 Å². The molecule has 0 radical (unpaired) electrons. The zero-order valence-corrected chi connectivity index (χ0v) is 19.5. The van der Waals surface area contributed by atoms with Gasteiger partial charge >= 0.3 is 11.9 Å². The molecule has 0 aromatic carbocycles. The van der Waals surface area contributed by atoms with Crippen molar-refractivity contribution in [2.24, 2.45) is 5.92 Å². The molecular weight excluding hydrogens is 399 g/mol. The van der Waals surface area contributed by atoms with Gasteiger partial charge in [0.1, 0.15) is 0 Å². The van der Waals surface area contributed by atoms with Gasteiger partial charge in [0.05, 0.1) is 5.92 Å². The lowest BCUT2D eigenvalue weighted by Gasteiger charge is -2.08. The molecule has 0 aliphatic heterocycles. The van der Waals surface area contributed by atoms with E-state index >= 15 is 0 Å². The van der Waals surface area contributed by atoms with Gasteiger partial charge in [-0.2, -0.15) is 0 Å². The highest BCUT2D eigenvalue weighted by molar-refractivity contribution is 5.85. The lowest BCUT2D eigenvalue weighted by molar-refractivity contribution is -0.142. The van der Waals surface area contributed by atoms with E-state index in [1.807, 2.05) is 6.92 Å². The number of unbranched alkanes of at least 4 members (excludes halogenated alkanes) is 14. The third kappa shape index (κ3) is 23.6. The molecular formula is C22H44Cl2O4. The van der Waals surface area contributed by atoms with E-state index in [2.05, 4.69) is 0 Å². The molecule has 4 nitrogen and oxygen atoms in total. The molecule has 0 heterocycles. The van der Waals surface area contributed by atoms with Crippen molar-refractivity contribution in [1.82, 2.24) is 0 Å². The second-order valence-corrected chi connectivity index (χ2v) is 7.68. The summed E-state index contributed by atoms with van der Waals surface area (Å²) in [5.74, 6) is -1.45. The maximum atomic E-state index is 10.9. The van der Waals surface area contributed by atoms with Crippen LogP contribution < -0.4 is 0 Å². The molecule has 0 spiro atoms. The minimum Gasteiger partial charge on any atom is -0.481 e. The Balaban J connectivity index is -0.00000312. The van der Waals surface area contributed by atoms with Crippen molar-refractivity contribution >= 4 is 36.8 Å². The standard InChI is InChI=1S/C22H42O4.2ClH/c1-2-20(22(25)26)18-16-14-12-10-8-6-4-3-5-7-9-11-13-15-17-19-21(23)24;;/h20H,2-19H2,1H3,(H,23,24)(H,25,26);2*1H. The van der Waals surface area contributed by atoms with Gasteiger partial charge in [-0.1, -0.05) is 96.8 Å². The quantitative estimate of drug-likeness (QED) is 0.189. The lowest BCUT2D eigenvalue weighted by Crippen LogP contribution is -2.12. The van der Waals surface area contributed by atoms with Crippen molar-refractivity contribution in [3.8, 4) is 0 Å². The third-order valence-electron chi connectivity index (χ3n) is 5.29. The number of hydrogen-bond donors (Lipinski definition) is 2. The van der Waals surface area contributed by atoms with Crippen molar-refractivity contribution in [1.29, 1.82) is 0 Å². The smallest absolute Gasteiger partial charge is 0.306 e. The minimum atomic E-state index is -0.673. The van der Waals surface area contributed by atoms with Crippen LogP contribution in [0.3, 0.4) is 0 Å². The Labute approximate surface area is 185 Å². The van der Waals surface area contributed by atoms with E-state index < -0.39 is 11.9 Å².